The fraction of sp³-hybridized carbons (Fsp3) is 0.333. The molecule has 1 aliphatic heterocycles. The Balaban J connectivity index is 1.84. The van der Waals surface area contributed by atoms with E-state index in [1.165, 1.54) is 0 Å². The van der Waals surface area contributed by atoms with Crippen molar-refractivity contribution in [1.29, 1.82) is 0 Å². The molecular formula is C18H20ClN3O2. The summed E-state index contributed by atoms with van der Waals surface area (Å²) in [4.78, 5) is 19.1. The topological polar surface area (TPSA) is 54.5 Å². The molecule has 2 aromatic rings. The maximum Gasteiger partial charge on any atom is 0.251 e. The second-order valence-electron chi connectivity index (χ2n) is 5.87. The summed E-state index contributed by atoms with van der Waals surface area (Å²) in [5, 5.41) is 3.68. The van der Waals surface area contributed by atoms with Crippen molar-refractivity contribution in [3.8, 4) is 0 Å². The van der Waals surface area contributed by atoms with Crippen molar-refractivity contribution in [2.24, 2.45) is 0 Å². The van der Waals surface area contributed by atoms with Crippen LogP contribution >= 0.6 is 11.6 Å². The Hall–Kier alpha value is -1.95. The average molecular weight is 346 g/mol. The van der Waals surface area contributed by atoms with Gasteiger partial charge >= 0.3 is 0 Å². The Labute approximate surface area is 146 Å². The van der Waals surface area contributed by atoms with E-state index in [-0.39, 0.29) is 11.9 Å². The van der Waals surface area contributed by atoms with E-state index in [4.69, 9.17) is 16.3 Å². The number of hydrogen-bond donors (Lipinski definition) is 1. The quantitative estimate of drug-likeness (QED) is 0.923. The summed E-state index contributed by atoms with van der Waals surface area (Å²) in [6.45, 7) is 1.97. The standard InChI is InChI=1S/C18H20ClN3O2/c1-22-9-10-24-16(12-22)18(23)21-17(15-7-2-3-8-20-15)13-5-4-6-14(19)11-13/h2-8,11,16-17H,9-10,12H2,1H3,(H,21,23)/t16-,17+/m1/s1. The number of morpholine rings is 1. The van der Waals surface area contributed by atoms with Crippen LogP contribution in [0.2, 0.25) is 5.02 Å². The summed E-state index contributed by atoms with van der Waals surface area (Å²) in [7, 11) is 1.98. The number of likely N-dealkylation sites (N-methyl/N-ethyl adjacent to an activating group) is 1. The first-order chi connectivity index (χ1) is 11.6. The molecule has 0 radical (unpaired) electrons. The van der Waals surface area contributed by atoms with E-state index in [2.05, 4.69) is 15.2 Å². The van der Waals surface area contributed by atoms with E-state index in [0.717, 1.165) is 17.8 Å². The average Bonchev–Trinajstić information content (AvgIpc) is 2.60. The fourth-order valence-electron chi connectivity index (χ4n) is 2.73. The van der Waals surface area contributed by atoms with Crippen molar-refractivity contribution in [2.45, 2.75) is 12.1 Å². The number of nitrogens with zero attached hydrogens (tertiary/aromatic N) is 2. The first-order valence-electron chi connectivity index (χ1n) is 7.90. The van der Waals surface area contributed by atoms with Crippen LogP contribution < -0.4 is 5.32 Å². The Morgan fingerprint density at radius 3 is 2.96 bits per heavy atom. The lowest BCUT2D eigenvalue weighted by Gasteiger charge is -2.30. The Bertz CT molecular complexity index is 696. The lowest BCUT2D eigenvalue weighted by molar-refractivity contribution is -0.138. The molecule has 1 aliphatic rings. The Kier molecular flexibility index (Phi) is 5.45. The monoisotopic (exact) mass is 345 g/mol. The number of aromatic nitrogens is 1. The zero-order valence-electron chi connectivity index (χ0n) is 13.5. The molecule has 0 bridgehead atoms. The van der Waals surface area contributed by atoms with Crippen LogP contribution in [0.3, 0.4) is 0 Å². The van der Waals surface area contributed by atoms with Crippen LogP contribution in [0.5, 0.6) is 0 Å². The van der Waals surface area contributed by atoms with Gasteiger partial charge in [-0.1, -0.05) is 29.8 Å². The second-order valence-corrected chi connectivity index (χ2v) is 6.31. The summed E-state index contributed by atoms with van der Waals surface area (Å²) in [5.41, 5.74) is 1.65. The molecule has 1 aromatic carbocycles. The zero-order chi connectivity index (χ0) is 16.9. The minimum Gasteiger partial charge on any atom is -0.366 e. The number of carbonyl (C=O) groups is 1. The number of halogens is 1. The highest BCUT2D eigenvalue weighted by atomic mass is 35.5. The van der Waals surface area contributed by atoms with Gasteiger partial charge in [-0.2, -0.15) is 0 Å². The molecule has 1 amide bonds. The van der Waals surface area contributed by atoms with Gasteiger partial charge in [0.15, 0.2) is 0 Å². The van der Waals surface area contributed by atoms with Crippen LogP contribution in [0, 0.1) is 0 Å². The van der Waals surface area contributed by atoms with Crippen molar-refractivity contribution in [2.75, 3.05) is 26.7 Å². The molecule has 0 aliphatic carbocycles. The van der Waals surface area contributed by atoms with Crippen LogP contribution in [0.15, 0.2) is 48.7 Å². The number of hydrogen-bond acceptors (Lipinski definition) is 4. The number of amides is 1. The molecule has 0 unspecified atom stereocenters. The summed E-state index contributed by atoms with van der Waals surface area (Å²) < 4.78 is 5.61. The number of pyridine rings is 1. The normalized spacial score (nSPS) is 19.7. The highest BCUT2D eigenvalue weighted by Crippen LogP contribution is 2.23. The van der Waals surface area contributed by atoms with Crippen molar-refractivity contribution in [1.82, 2.24) is 15.2 Å². The molecule has 1 N–H and O–H groups in total. The highest BCUT2D eigenvalue weighted by molar-refractivity contribution is 6.30. The largest absolute Gasteiger partial charge is 0.366 e. The number of rotatable bonds is 4. The van der Waals surface area contributed by atoms with Gasteiger partial charge in [0.05, 0.1) is 18.3 Å². The van der Waals surface area contributed by atoms with Crippen molar-refractivity contribution in [3.63, 3.8) is 0 Å². The third-order valence-electron chi connectivity index (χ3n) is 4.01. The van der Waals surface area contributed by atoms with Gasteiger partial charge in [0.1, 0.15) is 6.10 Å². The highest BCUT2D eigenvalue weighted by Gasteiger charge is 2.28. The lowest BCUT2D eigenvalue weighted by Crippen LogP contribution is -2.49. The number of nitrogens with one attached hydrogen (secondary N) is 1. The molecule has 3 rings (SSSR count). The molecular weight excluding hydrogens is 326 g/mol. The minimum absolute atomic E-state index is 0.142. The molecule has 2 atom stereocenters. The summed E-state index contributed by atoms with van der Waals surface area (Å²) in [5.74, 6) is -0.142. The third-order valence-corrected chi connectivity index (χ3v) is 4.25. The molecule has 5 nitrogen and oxygen atoms in total. The number of carbonyl (C=O) groups excluding carboxylic acids is 1. The molecule has 126 valence electrons. The van der Waals surface area contributed by atoms with E-state index >= 15 is 0 Å². The van der Waals surface area contributed by atoms with E-state index in [1.807, 2.05) is 49.5 Å². The van der Waals surface area contributed by atoms with E-state index in [9.17, 15) is 4.79 Å². The van der Waals surface area contributed by atoms with Gasteiger partial charge in [-0.05, 0) is 36.9 Å². The van der Waals surface area contributed by atoms with E-state index in [1.54, 1.807) is 6.20 Å². The van der Waals surface area contributed by atoms with E-state index in [0.29, 0.717) is 18.2 Å². The zero-order valence-corrected chi connectivity index (χ0v) is 14.2. The smallest absolute Gasteiger partial charge is 0.251 e. The fourth-order valence-corrected chi connectivity index (χ4v) is 2.93. The molecule has 6 heteroatoms. The van der Waals surface area contributed by atoms with Crippen LogP contribution in [0.4, 0.5) is 0 Å². The maximum atomic E-state index is 12.7. The molecule has 1 saturated heterocycles. The molecule has 0 spiro atoms. The van der Waals surface area contributed by atoms with Gasteiger partial charge in [0.2, 0.25) is 0 Å². The maximum absolute atomic E-state index is 12.7. The van der Waals surface area contributed by atoms with Crippen LogP contribution in [0.25, 0.3) is 0 Å². The van der Waals surface area contributed by atoms with Crippen LogP contribution in [0.1, 0.15) is 17.3 Å². The molecule has 2 heterocycles. The van der Waals surface area contributed by atoms with Gasteiger partial charge in [-0.15, -0.1) is 0 Å². The molecule has 1 aromatic heterocycles. The van der Waals surface area contributed by atoms with Gasteiger partial charge in [-0.25, -0.2) is 0 Å². The van der Waals surface area contributed by atoms with Crippen LogP contribution in [-0.2, 0) is 9.53 Å². The minimum atomic E-state index is -0.478. The number of benzene rings is 1. The first kappa shape index (κ1) is 16.9. The van der Waals surface area contributed by atoms with Crippen molar-refractivity contribution in [3.05, 3.63) is 64.9 Å². The van der Waals surface area contributed by atoms with Crippen molar-refractivity contribution >= 4 is 17.5 Å². The van der Waals surface area contributed by atoms with Gasteiger partial charge in [0.25, 0.3) is 5.91 Å². The van der Waals surface area contributed by atoms with Gasteiger partial charge in [0, 0.05) is 24.3 Å². The summed E-state index contributed by atoms with van der Waals surface area (Å²) in [6, 6.07) is 12.7. The summed E-state index contributed by atoms with van der Waals surface area (Å²) >= 11 is 6.12. The second kappa shape index (κ2) is 7.75. The Morgan fingerprint density at radius 1 is 1.38 bits per heavy atom. The van der Waals surface area contributed by atoms with E-state index < -0.39 is 6.10 Å². The predicted octanol–water partition coefficient (Wildman–Crippen LogP) is 2.27. The first-order valence-corrected chi connectivity index (χ1v) is 8.28. The SMILES string of the molecule is CN1CCO[C@@H](C(=O)N[C@@H](c2cccc(Cl)c2)c2ccccn2)C1. The predicted molar refractivity (Wildman–Crippen MR) is 92.9 cm³/mol. The third kappa shape index (κ3) is 4.12. The summed E-state index contributed by atoms with van der Waals surface area (Å²) in [6.07, 6.45) is 1.23. The molecule has 0 saturated carbocycles. The number of ether oxygens (including phenoxy) is 1. The molecule has 1 fully saturated rings. The van der Waals surface area contributed by atoms with Crippen molar-refractivity contribution < 1.29 is 9.53 Å². The molecule has 24 heavy (non-hydrogen) atoms. The van der Waals surface area contributed by atoms with Gasteiger partial charge in [-0.3, -0.25) is 9.78 Å². The van der Waals surface area contributed by atoms with Gasteiger partial charge < -0.3 is 15.0 Å². The lowest BCUT2D eigenvalue weighted by atomic mass is 10.0. The van der Waals surface area contributed by atoms with Crippen LogP contribution in [-0.4, -0.2) is 48.6 Å². The Morgan fingerprint density at radius 2 is 2.25 bits per heavy atom.